The Morgan fingerprint density at radius 2 is 1.68 bits per heavy atom. The molecule has 22 heavy (non-hydrogen) atoms. The van der Waals surface area contributed by atoms with Crippen molar-refractivity contribution >= 4 is 16.0 Å². The standard InChI is InChI=1S/C16H17NO4S/c1-12-7-9-14(10-8-12)22(20,21)17-15(16(18)19)11-13-5-3-2-4-6-13/h2-10,15,17H,11H2,1H3,(H,18,19)/t15-/m1/s1. The Morgan fingerprint density at radius 1 is 1.09 bits per heavy atom. The highest BCUT2D eigenvalue weighted by Gasteiger charge is 2.25. The molecule has 0 aromatic heterocycles. The highest BCUT2D eigenvalue weighted by atomic mass is 32.2. The highest BCUT2D eigenvalue weighted by Crippen LogP contribution is 2.12. The van der Waals surface area contributed by atoms with E-state index in [2.05, 4.69) is 4.72 Å². The van der Waals surface area contributed by atoms with E-state index in [1.54, 1.807) is 36.4 Å². The van der Waals surface area contributed by atoms with Crippen LogP contribution in [-0.2, 0) is 21.2 Å². The fourth-order valence-electron chi connectivity index (χ4n) is 2.00. The molecule has 0 aliphatic rings. The van der Waals surface area contributed by atoms with Crippen LogP contribution >= 0.6 is 0 Å². The van der Waals surface area contributed by atoms with Gasteiger partial charge in [0.25, 0.3) is 0 Å². The van der Waals surface area contributed by atoms with E-state index in [4.69, 9.17) is 0 Å². The Kier molecular flexibility index (Phi) is 4.95. The third kappa shape index (κ3) is 4.16. The van der Waals surface area contributed by atoms with Crippen molar-refractivity contribution in [2.45, 2.75) is 24.3 Å². The SMILES string of the molecule is Cc1ccc(S(=O)(=O)N[C@H](Cc2ccccc2)C(=O)O)cc1. The molecule has 0 saturated heterocycles. The maximum atomic E-state index is 12.3. The largest absolute Gasteiger partial charge is 0.480 e. The van der Waals surface area contributed by atoms with Crippen molar-refractivity contribution in [2.24, 2.45) is 0 Å². The fraction of sp³-hybridized carbons (Fsp3) is 0.188. The minimum atomic E-state index is -3.87. The van der Waals surface area contributed by atoms with Crippen molar-refractivity contribution in [1.29, 1.82) is 0 Å². The number of nitrogens with one attached hydrogen (secondary N) is 1. The molecule has 0 amide bonds. The molecule has 0 fully saturated rings. The molecule has 0 bridgehead atoms. The number of benzene rings is 2. The second-order valence-electron chi connectivity index (χ2n) is 5.01. The van der Waals surface area contributed by atoms with E-state index < -0.39 is 22.0 Å². The lowest BCUT2D eigenvalue weighted by Crippen LogP contribution is -2.42. The van der Waals surface area contributed by atoms with Gasteiger partial charge in [-0.05, 0) is 31.0 Å². The van der Waals surface area contributed by atoms with Gasteiger partial charge in [0.05, 0.1) is 4.90 Å². The summed E-state index contributed by atoms with van der Waals surface area (Å²) in [5.74, 6) is -1.21. The number of hydrogen-bond donors (Lipinski definition) is 2. The summed E-state index contributed by atoms with van der Waals surface area (Å²) < 4.78 is 26.8. The first-order valence-corrected chi connectivity index (χ1v) is 8.22. The van der Waals surface area contributed by atoms with Crippen molar-refractivity contribution < 1.29 is 18.3 Å². The van der Waals surface area contributed by atoms with Gasteiger partial charge in [0.15, 0.2) is 0 Å². The van der Waals surface area contributed by atoms with Crippen LogP contribution in [0.25, 0.3) is 0 Å². The summed E-state index contributed by atoms with van der Waals surface area (Å²) >= 11 is 0. The molecule has 116 valence electrons. The van der Waals surface area contributed by atoms with Crippen molar-refractivity contribution in [3.8, 4) is 0 Å². The Bertz CT molecular complexity index is 739. The van der Waals surface area contributed by atoms with Crippen LogP contribution in [0.1, 0.15) is 11.1 Å². The number of hydrogen-bond acceptors (Lipinski definition) is 3. The van der Waals surface area contributed by atoms with Crippen molar-refractivity contribution in [1.82, 2.24) is 4.72 Å². The van der Waals surface area contributed by atoms with Gasteiger partial charge in [-0.15, -0.1) is 0 Å². The molecule has 0 aliphatic carbocycles. The predicted molar refractivity (Wildman–Crippen MR) is 83.1 cm³/mol. The van der Waals surface area contributed by atoms with Gasteiger partial charge in [0.2, 0.25) is 10.0 Å². The predicted octanol–water partition coefficient (Wildman–Crippen LogP) is 1.97. The monoisotopic (exact) mass is 319 g/mol. The number of carboxylic acid groups (broad SMARTS) is 1. The highest BCUT2D eigenvalue weighted by molar-refractivity contribution is 7.89. The lowest BCUT2D eigenvalue weighted by atomic mass is 10.1. The zero-order chi connectivity index (χ0) is 16.2. The van der Waals surface area contributed by atoms with Crippen LogP contribution in [0.2, 0.25) is 0 Å². The molecular formula is C16H17NO4S. The maximum absolute atomic E-state index is 12.3. The van der Waals surface area contributed by atoms with E-state index in [1.807, 2.05) is 13.0 Å². The summed E-state index contributed by atoms with van der Waals surface area (Å²) in [6.45, 7) is 1.85. The summed E-state index contributed by atoms with van der Waals surface area (Å²) in [4.78, 5) is 11.4. The van der Waals surface area contributed by atoms with E-state index in [1.165, 1.54) is 12.1 Å². The molecule has 2 rings (SSSR count). The van der Waals surface area contributed by atoms with E-state index in [-0.39, 0.29) is 11.3 Å². The molecule has 2 aromatic rings. The molecular weight excluding hydrogens is 302 g/mol. The number of carboxylic acids is 1. The number of carbonyl (C=O) groups is 1. The zero-order valence-electron chi connectivity index (χ0n) is 12.1. The first kappa shape index (κ1) is 16.2. The minimum Gasteiger partial charge on any atom is -0.480 e. The number of aryl methyl sites for hydroxylation is 1. The maximum Gasteiger partial charge on any atom is 0.322 e. The molecule has 6 heteroatoms. The number of rotatable bonds is 6. The van der Waals surface area contributed by atoms with Crippen LogP contribution in [0, 0.1) is 6.92 Å². The summed E-state index contributed by atoms with van der Waals surface area (Å²) in [5.41, 5.74) is 1.68. The molecule has 0 unspecified atom stereocenters. The molecule has 0 spiro atoms. The molecule has 5 nitrogen and oxygen atoms in total. The molecule has 0 aliphatic heterocycles. The van der Waals surface area contributed by atoms with Crippen LogP contribution in [0.5, 0.6) is 0 Å². The third-order valence-electron chi connectivity index (χ3n) is 3.21. The van der Waals surface area contributed by atoms with Crippen molar-refractivity contribution in [2.75, 3.05) is 0 Å². The Hall–Kier alpha value is -2.18. The first-order valence-electron chi connectivity index (χ1n) is 6.74. The third-order valence-corrected chi connectivity index (χ3v) is 4.70. The zero-order valence-corrected chi connectivity index (χ0v) is 12.9. The number of sulfonamides is 1. The number of aliphatic carboxylic acids is 1. The summed E-state index contributed by atoms with van der Waals surface area (Å²) in [6.07, 6.45) is 0.0846. The van der Waals surface area contributed by atoms with Crippen molar-refractivity contribution in [3.63, 3.8) is 0 Å². The van der Waals surface area contributed by atoms with Crippen LogP contribution in [0.15, 0.2) is 59.5 Å². The Morgan fingerprint density at radius 3 is 2.23 bits per heavy atom. The van der Waals surface area contributed by atoms with Gasteiger partial charge in [-0.2, -0.15) is 4.72 Å². The van der Waals surface area contributed by atoms with Crippen LogP contribution in [0.3, 0.4) is 0 Å². The average molecular weight is 319 g/mol. The molecule has 1 atom stereocenters. The van der Waals surface area contributed by atoms with Gasteiger partial charge >= 0.3 is 5.97 Å². The summed E-state index contributed by atoms with van der Waals surface area (Å²) in [6, 6.07) is 13.9. The second-order valence-corrected chi connectivity index (χ2v) is 6.73. The van der Waals surface area contributed by atoms with E-state index in [0.717, 1.165) is 11.1 Å². The Balaban J connectivity index is 2.20. The average Bonchev–Trinajstić information content (AvgIpc) is 2.48. The Labute approximate surface area is 129 Å². The molecule has 2 N–H and O–H groups in total. The van der Waals surface area contributed by atoms with E-state index >= 15 is 0 Å². The summed E-state index contributed by atoms with van der Waals surface area (Å²) in [5, 5.41) is 9.26. The molecule has 0 saturated carbocycles. The van der Waals surface area contributed by atoms with Crippen LogP contribution < -0.4 is 4.72 Å². The van der Waals surface area contributed by atoms with Crippen LogP contribution in [0.4, 0.5) is 0 Å². The van der Waals surface area contributed by atoms with E-state index in [0.29, 0.717) is 0 Å². The van der Waals surface area contributed by atoms with Gasteiger partial charge in [-0.1, -0.05) is 48.0 Å². The van der Waals surface area contributed by atoms with E-state index in [9.17, 15) is 18.3 Å². The lowest BCUT2D eigenvalue weighted by Gasteiger charge is -2.15. The van der Waals surface area contributed by atoms with Gasteiger partial charge < -0.3 is 5.11 Å². The minimum absolute atomic E-state index is 0.0532. The quantitative estimate of drug-likeness (QED) is 0.852. The second kappa shape index (κ2) is 6.72. The molecule has 2 aromatic carbocycles. The lowest BCUT2D eigenvalue weighted by molar-refractivity contribution is -0.138. The van der Waals surface area contributed by atoms with Gasteiger partial charge in [0.1, 0.15) is 6.04 Å². The van der Waals surface area contributed by atoms with Crippen LogP contribution in [-0.4, -0.2) is 25.5 Å². The first-order chi connectivity index (χ1) is 10.4. The molecule has 0 radical (unpaired) electrons. The molecule has 0 heterocycles. The van der Waals surface area contributed by atoms with Gasteiger partial charge in [-0.3, -0.25) is 4.79 Å². The normalized spacial score (nSPS) is 12.8. The van der Waals surface area contributed by atoms with Gasteiger partial charge in [-0.25, -0.2) is 8.42 Å². The topological polar surface area (TPSA) is 83.5 Å². The van der Waals surface area contributed by atoms with Crippen molar-refractivity contribution in [3.05, 3.63) is 65.7 Å². The van der Waals surface area contributed by atoms with Gasteiger partial charge in [0, 0.05) is 0 Å². The smallest absolute Gasteiger partial charge is 0.322 e. The summed E-state index contributed by atoms with van der Waals surface area (Å²) in [7, 11) is -3.87. The fourth-order valence-corrected chi connectivity index (χ4v) is 3.19.